The van der Waals surface area contributed by atoms with Gasteiger partial charge in [-0.15, -0.1) is 0 Å². The molecular formula is C9H15FN2. The highest BCUT2D eigenvalue weighted by Gasteiger charge is 2.24. The van der Waals surface area contributed by atoms with Crippen molar-refractivity contribution in [2.75, 3.05) is 20.1 Å². The van der Waals surface area contributed by atoms with Gasteiger partial charge in [-0.2, -0.15) is 5.26 Å². The summed E-state index contributed by atoms with van der Waals surface area (Å²) >= 11 is 0. The highest BCUT2D eigenvalue weighted by Crippen LogP contribution is 2.22. The largest absolute Gasteiger partial charge is 0.306 e. The molecule has 1 fully saturated rings. The lowest BCUT2D eigenvalue weighted by Crippen LogP contribution is -2.18. The number of nitrogens with zero attached hydrogens (tertiary/aromatic N) is 2. The van der Waals surface area contributed by atoms with Crippen LogP contribution in [-0.2, 0) is 0 Å². The zero-order valence-electron chi connectivity index (χ0n) is 7.46. The Morgan fingerprint density at radius 3 is 2.83 bits per heavy atom. The Kier molecular flexibility index (Phi) is 3.48. The molecule has 1 saturated heterocycles. The molecular weight excluding hydrogens is 155 g/mol. The third-order valence-electron chi connectivity index (χ3n) is 2.53. The topological polar surface area (TPSA) is 27.0 Å². The maximum absolute atomic E-state index is 13.3. The van der Waals surface area contributed by atoms with Crippen LogP contribution in [0.2, 0.25) is 0 Å². The highest BCUT2D eigenvalue weighted by atomic mass is 19.1. The number of rotatable bonds is 1. The molecule has 1 rings (SSSR count). The Morgan fingerprint density at radius 2 is 2.17 bits per heavy atom. The fraction of sp³-hybridized carbons (Fsp3) is 0.889. The van der Waals surface area contributed by atoms with Gasteiger partial charge in [0.15, 0.2) is 0 Å². The van der Waals surface area contributed by atoms with Gasteiger partial charge >= 0.3 is 0 Å². The summed E-state index contributed by atoms with van der Waals surface area (Å²) in [6.07, 6.45) is 1.01. The summed E-state index contributed by atoms with van der Waals surface area (Å²) < 4.78 is 13.3. The summed E-state index contributed by atoms with van der Waals surface area (Å²) in [6, 6.07) is 2.05. The molecule has 3 heteroatoms. The Hall–Kier alpha value is -0.620. The lowest BCUT2D eigenvalue weighted by atomic mass is 9.96. The van der Waals surface area contributed by atoms with E-state index in [1.165, 1.54) is 0 Å². The van der Waals surface area contributed by atoms with E-state index in [9.17, 15) is 4.39 Å². The molecule has 0 aromatic heterocycles. The molecule has 0 aromatic carbocycles. The van der Waals surface area contributed by atoms with E-state index >= 15 is 0 Å². The fourth-order valence-electron chi connectivity index (χ4n) is 1.61. The van der Waals surface area contributed by atoms with Gasteiger partial charge in [-0.25, -0.2) is 4.39 Å². The molecule has 0 bridgehead atoms. The van der Waals surface area contributed by atoms with Crippen LogP contribution < -0.4 is 0 Å². The molecule has 1 aliphatic rings. The first-order chi connectivity index (χ1) is 5.74. The van der Waals surface area contributed by atoms with Crippen molar-refractivity contribution in [2.45, 2.75) is 25.4 Å². The lowest BCUT2D eigenvalue weighted by Gasteiger charge is -2.13. The van der Waals surface area contributed by atoms with E-state index in [-0.39, 0.29) is 5.92 Å². The molecule has 1 heterocycles. The zero-order valence-corrected chi connectivity index (χ0v) is 7.46. The molecule has 0 spiro atoms. The number of likely N-dealkylation sites (tertiary alicyclic amines) is 1. The lowest BCUT2D eigenvalue weighted by molar-refractivity contribution is 0.222. The minimum Gasteiger partial charge on any atom is -0.306 e. The zero-order chi connectivity index (χ0) is 8.97. The molecule has 0 amide bonds. The summed E-state index contributed by atoms with van der Waals surface area (Å²) in [5, 5.41) is 8.46. The van der Waals surface area contributed by atoms with Gasteiger partial charge in [0.2, 0.25) is 0 Å². The van der Waals surface area contributed by atoms with E-state index in [1.54, 1.807) is 0 Å². The number of hydrogen-bond donors (Lipinski definition) is 0. The van der Waals surface area contributed by atoms with E-state index in [0.717, 1.165) is 19.5 Å². The minimum absolute atomic E-state index is 0.0278. The first-order valence-corrected chi connectivity index (χ1v) is 4.43. The van der Waals surface area contributed by atoms with Crippen LogP contribution in [0.1, 0.15) is 19.3 Å². The second kappa shape index (κ2) is 4.42. The van der Waals surface area contributed by atoms with E-state index < -0.39 is 6.17 Å². The first-order valence-electron chi connectivity index (χ1n) is 4.43. The third-order valence-corrected chi connectivity index (χ3v) is 2.53. The van der Waals surface area contributed by atoms with Crippen LogP contribution in [0.5, 0.6) is 0 Å². The van der Waals surface area contributed by atoms with Gasteiger partial charge in [0.25, 0.3) is 0 Å². The average molecular weight is 170 g/mol. The number of nitriles is 1. The molecule has 2 atom stereocenters. The predicted molar refractivity (Wildman–Crippen MR) is 45.3 cm³/mol. The van der Waals surface area contributed by atoms with Gasteiger partial charge in [-0.05, 0) is 26.4 Å². The smallest absolute Gasteiger partial charge is 0.105 e. The number of halogens is 1. The molecule has 2 nitrogen and oxygen atoms in total. The van der Waals surface area contributed by atoms with Crippen LogP contribution in [0, 0.1) is 17.2 Å². The van der Waals surface area contributed by atoms with E-state index in [1.807, 2.05) is 7.05 Å². The maximum Gasteiger partial charge on any atom is 0.105 e. The molecule has 0 N–H and O–H groups in total. The van der Waals surface area contributed by atoms with Crippen molar-refractivity contribution in [1.29, 1.82) is 5.26 Å². The van der Waals surface area contributed by atoms with Gasteiger partial charge in [-0.1, -0.05) is 0 Å². The first kappa shape index (κ1) is 9.47. The summed E-state index contributed by atoms with van der Waals surface area (Å²) in [5.41, 5.74) is 0. The second-order valence-corrected chi connectivity index (χ2v) is 3.52. The van der Waals surface area contributed by atoms with E-state index in [2.05, 4.69) is 11.0 Å². The molecule has 0 saturated carbocycles. The third kappa shape index (κ3) is 2.46. The van der Waals surface area contributed by atoms with Crippen LogP contribution in [-0.4, -0.2) is 31.2 Å². The van der Waals surface area contributed by atoms with Gasteiger partial charge in [0.1, 0.15) is 6.17 Å². The number of alkyl halides is 1. The molecule has 0 unspecified atom stereocenters. The predicted octanol–water partition coefficient (Wildman–Crippen LogP) is 1.58. The van der Waals surface area contributed by atoms with Gasteiger partial charge in [0.05, 0.1) is 6.07 Å². The molecule has 12 heavy (non-hydrogen) atoms. The quantitative estimate of drug-likeness (QED) is 0.597. The Balaban J connectivity index is 2.45. The Bertz CT molecular complexity index is 176. The molecule has 1 aliphatic heterocycles. The minimum atomic E-state index is -0.769. The molecule has 0 aromatic rings. The van der Waals surface area contributed by atoms with Crippen molar-refractivity contribution in [3.63, 3.8) is 0 Å². The molecule has 0 aliphatic carbocycles. The monoisotopic (exact) mass is 170 g/mol. The Morgan fingerprint density at radius 1 is 1.50 bits per heavy atom. The average Bonchev–Trinajstić information content (AvgIpc) is 2.20. The number of hydrogen-bond acceptors (Lipinski definition) is 2. The highest BCUT2D eigenvalue weighted by molar-refractivity contribution is 4.83. The van der Waals surface area contributed by atoms with Crippen molar-refractivity contribution in [3.05, 3.63) is 0 Å². The van der Waals surface area contributed by atoms with Crippen LogP contribution in [0.3, 0.4) is 0 Å². The summed E-state index contributed by atoms with van der Waals surface area (Å²) in [6.45, 7) is 1.75. The molecule has 0 radical (unpaired) electrons. The van der Waals surface area contributed by atoms with Crippen LogP contribution in [0.15, 0.2) is 0 Å². The summed E-state index contributed by atoms with van der Waals surface area (Å²) in [4.78, 5) is 2.13. The normalized spacial score (nSPS) is 32.4. The SMILES string of the molecule is CN1CC[C@H](CC#N)[C@H](F)CC1. The van der Waals surface area contributed by atoms with Crippen LogP contribution in [0.4, 0.5) is 4.39 Å². The van der Waals surface area contributed by atoms with Gasteiger partial charge in [0, 0.05) is 18.9 Å². The van der Waals surface area contributed by atoms with Crippen molar-refractivity contribution in [3.8, 4) is 6.07 Å². The van der Waals surface area contributed by atoms with Gasteiger partial charge in [-0.3, -0.25) is 0 Å². The van der Waals surface area contributed by atoms with Crippen molar-refractivity contribution < 1.29 is 4.39 Å². The Labute approximate surface area is 73.0 Å². The van der Waals surface area contributed by atoms with Crippen molar-refractivity contribution in [2.24, 2.45) is 5.92 Å². The maximum atomic E-state index is 13.3. The molecule has 68 valence electrons. The summed E-state index contributed by atoms with van der Waals surface area (Å²) in [7, 11) is 2.00. The standard InChI is InChI=1S/C9H15FN2/c1-12-6-3-8(2-5-11)9(10)4-7-12/h8-9H,2-4,6-7H2,1H3/t8-,9+/m0/s1. The van der Waals surface area contributed by atoms with Crippen molar-refractivity contribution >= 4 is 0 Å². The van der Waals surface area contributed by atoms with Crippen LogP contribution in [0.25, 0.3) is 0 Å². The van der Waals surface area contributed by atoms with E-state index in [4.69, 9.17) is 5.26 Å². The van der Waals surface area contributed by atoms with Gasteiger partial charge < -0.3 is 4.90 Å². The summed E-state index contributed by atoms with van der Waals surface area (Å²) in [5.74, 6) is -0.0278. The second-order valence-electron chi connectivity index (χ2n) is 3.52. The van der Waals surface area contributed by atoms with Crippen LogP contribution >= 0.6 is 0 Å². The van der Waals surface area contributed by atoms with Crippen molar-refractivity contribution in [1.82, 2.24) is 4.90 Å². The fourth-order valence-corrected chi connectivity index (χ4v) is 1.61. The van der Waals surface area contributed by atoms with E-state index in [0.29, 0.717) is 12.8 Å².